The van der Waals surface area contributed by atoms with E-state index in [1.807, 2.05) is 29.9 Å². The van der Waals surface area contributed by atoms with Crippen LogP contribution in [0.4, 0.5) is 5.82 Å². The average molecular weight is 445 g/mol. The number of piperidine rings is 1. The summed E-state index contributed by atoms with van der Waals surface area (Å²) in [6.45, 7) is 8.46. The fourth-order valence-corrected chi connectivity index (χ4v) is 5.28. The van der Waals surface area contributed by atoms with Crippen LogP contribution in [-0.4, -0.2) is 45.9 Å². The summed E-state index contributed by atoms with van der Waals surface area (Å²) in [7, 11) is 0. The van der Waals surface area contributed by atoms with Gasteiger partial charge in [-0.15, -0.1) is 0 Å². The molecule has 158 valence electrons. The predicted molar refractivity (Wildman–Crippen MR) is 122 cm³/mol. The van der Waals surface area contributed by atoms with Crippen LogP contribution in [0.1, 0.15) is 37.1 Å². The molecule has 2 unspecified atom stereocenters. The molecule has 2 aliphatic rings. The van der Waals surface area contributed by atoms with E-state index < -0.39 is 0 Å². The van der Waals surface area contributed by atoms with Crippen molar-refractivity contribution in [3.05, 3.63) is 45.7 Å². The first kappa shape index (κ1) is 20.0. The summed E-state index contributed by atoms with van der Waals surface area (Å²) in [5.41, 5.74) is 3.47. The van der Waals surface area contributed by atoms with Crippen LogP contribution in [0.15, 0.2) is 24.4 Å². The molecule has 1 N–H and O–H groups in total. The summed E-state index contributed by atoms with van der Waals surface area (Å²) in [6.07, 6.45) is 4.51. The molecule has 0 radical (unpaired) electrons. The zero-order valence-electron chi connectivity index (χ0n) is 17.3. The third kappa shape index (κ3) is 3.55. The lowest BCUT2D eigenvalue weighted by Gasteiger charge is -2.45. The van der Waals surface area contributed by atoms with E-state index in [0.29, 0.717) is 10.0 Å². The molecule has 1 aromatic carbocycles. The molecule has 6 nitrogen and oxygen atoms in total. The maximum absolute atomic E-state index is 6.46. The maximum Gasteiger partial charge on any atom is 0.179 e. The molecule has 0 saturated carbocycles. The highest BCUT2D eigenvalue weighted by atomic mass is 35.5. The Bertz CT molecular complexity index is 1070. The number of fused-ring (bicyclic) bond motifs is 1. The summed E-state index contributed by atoms with van der Waals surface area (Å²) in [4.78, 5) is 12.0. The van der Waals surface area contributed by atoms with Gasteiger partial charge >= 0.3 is 0 Å². The first-order valence-corrected chi connectivity index (χ1v) is 11.4. The lowest BCUT2D eigenvalue weighted by atomic mass is 9.81. The fraction of sp³-hybridized carbons (Fsp3) is 0.500. The molecular weight excluding hydrogens is 419 g/mol. The number of benzene rings is 1. The number of hydrogen-bond donors (Lipinski definition) is 1. The van der Waals surface area contributed by atoms with Crippen molar-refractivity contribution >= 4 is 40.2 Å². The number of aromatic nitrogens is 4. The normalized spacial score (nSPS) is 21.1. The third-order valence-electron chi connectivity index (χ3n) is 6.57. The van der Waals surface area contributed by atoms with Crippen molar-refractivity contribution in [1.29, 1.82) is 0 Å². The maximum atomic E-state index is 6.46. The lowest BCUT2D eigenvalue weighted by Crippen LogP contribution is -2.53. The monoisotopic (exact) mass is 444 g/mol. The molecule has 3 aromatic rings. The van der Waals surface area contributed by atoms with Crippen molar-refractivity contribution in [2.75, 3.05) is 31.1 Å². The Balaban J connectivity index is 1.42. The second-order valence-corrected chi connectivity index (χ2v) is 9.39. The van der Waals surface area contributed by atoms with Gasteiger partial charge in [0.05, 0.1) is 17.9 Å². The van der Waals surface area contributed by atoms with Crippen molar-refractivity contribution in [3.63, 3.8) is 0 Å². The molecule has 30 heavy (non-hydrogen) atoms. The van der Waals surface area contributed by atoms with Gasteiger partial charge < -0.3 is 10.2 Å². The highest BCUT2D eigenvalue weighted by Crippen LogP contribution is 2.34. The second kappa shape index (κ2) is 7.98. The van der Waals surface area contributed by atoms with Crippen LogP contribution in [0.5, 0.6) is 0 Å². The van der Waals surface area contributed by atoms with Crippen LogP contribution in [0, 0.1) is 18.8 Å². The number of hydrogen-bond acceptors (Lipinski definition) is 5. The number of anilines is 1. The van der Waals surface area contributed by atoms with E-state index in [4.69, 9.17) is 38.3 Å². The number of nitrogens with one attached hydrogen (secondary N) is 1. The summed E-state index contributed by atoms with van der Waals surface area (Å²) >= 11 is 12.5. The first-order valence-electron chi connectivity index (χ1n) is 10.6. The minimum Gasteiger partial charge on any atom is -0.355 e. The van der Waals surface area contributed by atoms with E-state index >= 15 is 0 Å². The Morgan fingerprint density at radius 2 is 2.03 bits per heavy atom. The van der Waals surface area contributed by atoms with Crippen LogP contribution < -0.4 is 10.2 Å². The van der Waals surface area contributed by atoms with Crippen molar-refractivity contribution in [3.8, 4) is 0 Å². The largest absolute Gasteiger partial charge is 0.355 e. The summed E-state index contributed by atoms with van der Waals surface area (Å²) < 4.78 is 1.93. The Labute approximate surface area is 186 Å². The van der Waals surface area contributed by atoms with Crippen LogP contribution in [0.2, 0.25) is 10.0 Å². The molecule has 0 aliphatic carbocycles. The molecule has 5 rings (SSSR count). The molecule has 2 saturated heterocycles. The molecule has 2 fully saturated rings. The number of nitrogens with zero attached hydrogens (tertiary/aromatic N) is 5. The van der Waals surface area contributed by atoms with Crippen LogP contribution in [-0.2, 0) is 0 Å². The summed E-state index contributed by atoms with van der Waals surface area (Å²) in [5.74, 6) is 2.46. The van der Waals surface area contributed by atoms with Crippen molar-refractivity contribution < 1.29 is 0 Å². The Morgan fingerprint density at radius 1 is 1.20 bits per heavy atom. The molecule has 8 heteroatoms. The summed E-state index contributed by atoms with van der Waals surface area (Å²) in [6, 6.07) is 5.50. The van der Waals surface area contributed by atoms with E-state index in [9.17, 15) is 0 Å². The van der Waals surface area contributed by atoms with Crippen LogP contribution >= 0.6 is 23.2 Å². The van der Waals surface area contributed by atoms with Gasteiger partial charge in [0.25, 0.3) is 0 Å². The van der Waals surface area contributed by atoms with Crippen LogP contribution in [0.25, 0.3) is 11.2 Å². The van der Waals surface area contributed by atoms with E-state index in [1.165, 1.54) is 12.8 Å². The summed E-state index contributed by atoms with van der Waals surface area (Å²) in [5, 5.41) is 9.52. The Morgan fingerprint density at radius 3 is 2.77 bits per heavy atom. The molecule has 4 heterocycles. The first-order chi connectivity index (χ1) is 14.5. The molecular formula is C22H26Cl2N6. The van der Waals surface area contributed by atoms with Gasteiger partial charge in [-0.3, -0.25) is 0 Å². The van der Waals surface area contributed by atoms with Crippen LogP contribution in [0.3, 0.4) is 0 Å². The number of halogens is 2. The predicted octanol–water partition coefficient (Wildman–Crippen LogP) is 4.49. The average Bonchev–Trinajstić information content (AvgIpc) is 3.03. The van der Waals surface area contributed by atoms with E-state index in [2.05, 4.69) is 17.1 Å². The van der Waals surface area contributed by atoms with Gasteiger partial charge in [0.2, 0.25) is 0 Å². The topological polar surface area (TPSA) is 58.9 Å². The van der Waals surface area contributed by atoms with Gasteiger partial charge in [-0.05, 0) is 69.3 Å². The van der Waals surface area contributed by atoms with E-state index in [1.54, 1.807) is 6.07 Å². The fourth-order valence-electron chi connectivity index (χ4n) is 4.72. The number of aryl methyl sites for hydroxylation is 1. The minimum atomic E-state index is -0.0760. The molecule has 0 amide bonds. The van der Waals surface area contributed by atoms with Crippen molar-refractivity contribution in [1.82, 2.24) is 25.1 Å². The van der Waals surface area contributed by atoms with Gasteiger partial charge in [0.15, 0.2) is 5.65 Å². The molecule has 2 aliphatic heterocycles. The molecule has 0 bridgehead atoms. The van der Waals surface area contributed by atoms with Gasteiger partial charge in [-0.25, -0.2) is 14.6 Å². The standard InChI is InChI=1S/C22H26Cl2N6/c1-13-21-22(30(28-13)14(2)18-6-5-17(23)8-19(18)24)27-20(10-26-21)29-11-16(12-29)15-4-3-7-25-9-15/h5-6,8,10,14-16,25H,3-4,7,9,11-12H2,1-2H3. The molecule has 0 spiro atoms. The van der Waals surface area contributed by atoms with Gasteiger partial charge in [-0.2, -0.15) is 5.10 Å². The van der Waals surface area contributed by atoms with Gasteiger partial charge in [0, 0.05) is 23.1 Å². The van der Waals surface area contributed by atoms with Crippen molar-refractivity contribution in [2.24, 2.45) is 11.8 Å². The van der Waals surface area contributed by atoms with Crippen molar-refractivity contribution in [2.45, 2.75) is 32.7 Å². The number of rotatable bonds is 4. The minimum absolute atomic E-state index is 0.0760. The van der Waals surface area contributed by atoms with Gasteiger partial charge in [0.1, 0.15) is 11.3 Å². The quantitative estimate of drug-likeness (QED) is 0.642. The van der Waals surface area contributed by atoms with Gasteiger partial charge in [-0.1, -0.05) is 29.3 Å². The highest BCUT2D eigenvalue weighted by Gasteiger charge is 2.35. The third-order valence-corrected chi connectivity index (χ3v) is 7.14. The Hall–Kier alpha value is -1.89. The SMILES string of the molecule is Cc1nn(C(C)c2ccc(Cl)cc2Cl)c2nc(N3CC(C4CCCNC4)C3)cnc12. The Kier molecular flexibility index (Phi) is 5.33. The highest BCUT2D eigenvalue weighted by molar-refractivity contribution is 6.35. The smallest absolute Gasteiger partial charge is 0.179 e. The second-order valence-electron chi connectivity index (χ2n) is 8.54. The van der Waals surface area contributed by atoms with E-state index in [0.717, 1.165) is 66.3 Å². The molecule has 2 aromatic heterocycles. The molecule has 2 atom stereocenters. The zero-order valence-corrected chi connectivity index (χ0v) is 18.8. The van der Waals surface area contributed by atoms with E-state index in [-0.39, 0.29) is 6.04 Å². The zero-order chi connectivity index (χ0) is 20.8. The lowest BCUT2D eigenvalue weighted by molar-refractivity contribution is 0.223.